The van der Waals surface area contributed by atoms with E-state index in [1.165, 1.54) is 17.0 Å². The highest BCUT2D eigenvalue weighted by Crippen LogP contribution is 2.31. The van der Waals surface area contributed by atoms with E-state index in [2.05, 4.69) is 10.3 Å². The van der Waals surface area contributed by atoms with Crippen molar-refractivity contribution < 1.29 is 32.2 Å². The van der Waals surface area contributed by atoms with Crippen LogP contribution in [0, 0.1) is 0 Å². The first kappa shape index (κ1) is 26.0. The summed E-state index contributed by atoms with van der Waals surface area (Å²) >= 11 is 0. The third kappa shape index (κ3) is 9.80. The van der Waals surface area contributed by atoms with Crippen molar-refractivity contribution in [2.24, 2.45) is 0 Å². The van der Waals surface area contributed by atoms with E-state index in [4.69, 9.17) is 9.47 Å². The Bertz CT molecular complexity index is 915. The second-order valence-corrected chi connectivity index (χ2v) is 8.28. The molecule has 0 unspecified atom stereocenters. The molecule has 2 aromatic rings. The lowest BCUT2D eigenvalue weighted by Gasteiger charge is -2.27. The molecule has 0 spiro atoms. The highest BCUT2D eigenvalue weighted by Gasteiger charge is 2.30. The largest absolute Gasteiger partial charge is 0.484 e. The van der Waals surface area contributed by atoms with E-state index < -0.39 is 35.9 Å². The van der Waals surface area contributed by atoms with Crippen molar-refractivity contribution in [3.05, 3.63) is 59.9 Å². The summed E-state index contributed by atoms with van der Waals surface area (Å²) in [4.78, 5) is 30.1. The second-order valence-electron chi connectivity index (χ2n) is 8.28. The molecule has 0 fully saturated rings. The number of carbonyl (C=O) groups excluding carboxylic acids is 2. The number of amides is 2. The maximum absolute atomic E-state index is 12.7. The van der Waals surface area contributed by atoms with Crippen LogP contribution in [0.5, 0.6) is 5.75 Å². The first-order valence-corrected chi connectivity index (χ1v) is 10.4. The van der Waals surface area contributed by atoms with Crippen molar-refractivity contribution in [1.82, 2.24) is 15.2 Å². The zero-order valence-corrected chi connectivity index (χ0v) is 18.8. The molecule has 0 aliphatic heterocycles. The number of pyridine rings is 1. The quantitative estimate of drug-likeness (QED) is 0.552. The first-order chi connectivity index (χ1) is 15.4. The molecule has 0 saturated heterocycles. The van der Waals surface area contributed by atoms with Crippen molar-refractivity contribution in [2.45, 2.75) is 45.5 Å². The molecule has 1 aromatic heterocycles. The zero-order valence-electron chi connectivity index (χ0n) is 18.8. The van der Waals surface area contributed by atoms with Crippen LogP contribution in [0.2, 0.25) is 0 Å². The normalized spacial score (nSPS) is 11.6. The minimum Gasteiger partial charge on any atom is -0.484 e. The molecule has 1 aromatic carbocycles. The van der Waals surface area contributed by atoms with Gasteiger partial charge in [0.15, 0.2) is 6.61 Å². The lowest BCUT2D eigenvalue weighted by Crippen LogP contribution is -2.38. The number of nitrogens with one attached hydrogen (secondary N) is 1. The number of hydrogen-bond donors (Lipinski definition) is 1. The van der Waals surface area contributed by atoms with E-state index in [0.29, 0.717) is 19.5 Å². The molecule has 0 radical (unpaired) electrons. The Labute approximate surface area is 190 Å². The molecule has 2 rings (SSSR count). The number of halogens is 3. The Hall–Kier alpha value is -3.30. The molecular weight excluding hydrogens is 439 g/mol. The van der Waals surface area contributed by atoms with Crippen LogP contribution in [0.1, 0.15) is 38.3 Å². The summed E-state index contributed by atoms with van der Waals surface area (Å²) in [5.74, 6) is -0.531. The lowest BCUT2D eigenvalue weighted by molar-refractivity contribution is -0.137. The number of hydrogen-bond acceptors (Lipinski definition) is 5. The van der Waals surface area contributed by atoms with E-state index in [0.717, 1.165) is 17.7 Å². The molecule has 2 amide bonds. The van der Waals surface area contributed by atoms with E-state index >= 15 is 0 Å². The SMILES string of the molecule is CC(C)(C)OC(=O)N(CCCNC(=O)COc1cccc(C(F)(F)F)c1)Cc1cccnc1. The van der Waals surface area contributed by atoms with Gasteiger partial charge in [0.25, 0.3) is 5.91 Å². The first-order valence-electron chi connectivity index (χ1n) is 10.4. The van der Waals surface area contributed by atoms with Crippen LogP contribution in [0.25, 0.3) is 0 Å². The van der Waals surface area contributed by atoms with Crippen LogP contribution in [0.3, 0.4) is 0 Å². The van der Waals surface area contributed by atoms with Crippen molar-refractivity contribution >= 4 is 12.0 Å². The summed E-state index contributed by atoms with van der Waals surface area (Å²) in [6.45, 7) is 5.77. The predicted molar refractivity (Wildman–Crippen MR) is 115 cm³/mol. The highest BCUT2D eigenvalue weighted by atomic mass is 19.4. The molecule has 10 heteroatoms. The van der Waals surface area contributed by atoms with E-state index in [-0.39, 0.29) is 12.3 Å². The van der Waals surface area contributed by atoms with Gasteiger partial charge in [-0.1, -0.05) is 12.1 Å². The topological polar surface area (TPSA) is 80.8 Å². The van der Waals surface area contributed by atoms with Crippen LogP contribution >= 0.6 is 0 Å². The van der Waals surface area contributed by atoms with Gasteiger partial charge < -0.3 is 19.7 Å². The maximum Gasteiger partial charge on any atom is 0.416 e. The molecule has 0 atom stereocenters. The molecule has 0 bridgehead atoms. The van der Waals surface area contributed by atoms with Gasteiger partial charge in [-0.15, -0.1) is 0 Å². The molecule has 0 saturated carbocycles. The molecule has 0 aliphatic carbocycles. The van der Waals surface area contributed by atoms with Gasteiger partial charge in [0.1, 0.15) is 11.4 Å². The van der Waals surface area contributed by atoms with Crippen LogP contribution < -0.4 is 10.1 Å². The molecule has 1 heterocycles. The highest BCUT2D eigenvalue weighted by molar-refractivity contribution is 5.77. The Morgan fingerprint density at radius 3 is 2.52 bits per heavy atom. The second kappa shape index (κ2) is 11.5. The lowest BCUT2D eigenvalue weighted by atomic mass is 10.2. The number of alkyl halides is 3. The monoisotopic (exact) mass is 467 g/mol. The summed E-state index contributed by atoms with van der Waals surface area (Å²) in [5, 5.41) is 2.63. The summed E-state index contributed by atoms with van der Waals surface area (Å²) < 4.78 is 48.8. The van der Waals surface area contributed by atoms with Gasteiger partial charge in [-0.3, -0.25) is 9.78 Å². The number of carbonyl (C=O) groups is 2. The third-order valence-electron chi connectivity index (χ3n) is 4.21. The van der Waals surface area contributed by atoms with Crippen LogP contribution in [-0.2, 0) is 22.3 Å². The fourth-order valence-corrected chi connectivity index (χ4v) is 2.73. The smallest absolute Gasteiger partial charge is 0.416 e. The molecular formula is C23H28F3N3O4. The van der Waals surface area contributed by atoms with Crippen molar-refractivity contribution in [2.75, 3.05) is 19.7 Å². The Morgan fingerprint density at radius 2 is 1.88 bits per heavy atom. The summed E-state index contributed by atoms with van der Waals surface area (Å²) in [6, 6.07) is 7.94. The van der Waals surface area contributed by atoms with Gasteiger partial charge in [-0.25, -0.2) is 4.79 Å². The van der Waals surface area contributed by atoms with Crippen molar-refractivity contribution in [3.63, 3.8) is 0 Å². The van der Waals surface area contributed by atoms with E-state index in [1.54, 1.807) is 39.2 Å². The van der Waals surface area contributed by atoms with Gasteiger partial charge >= 0.3 is 12.3 Å². The predicted octanol–water partition coefficient (Wildman–Crippen LogP) is 4.42. The number of nitrogens with zero attached hydrogens (tertiary/aromatic N) is 2. The van der Waals surface area contributed by atoms with E-state index in [1.807, 2.05) is 6.07 Å². The average molecular weight is 467 g/mol. The molecule has 180 valence electrons. The molecule has 0 aliphatic rings. The minimum atomic E-state index is -4.49. The standard InChI is InChI=1S/C23H28F3N3O4/c1-22(2,3)33-21(31)29(15-17-7-5-10-27-14-17)12-6-11-28-20(30)16-32-19-9-4-8-18(13-19)23(24,25)26/h4-5,7-10,13-14H,6,11-12,15-16H2,1-3H3,(H,28,30). The van der Waals surface area contributed by atoms with Gasteiger partial charge in [-0.05, 0) is 57.0 Å². The van der Waals surface area contributed by atoms with Crippen LogP contribution in [0.4, 0.5) is 18.0 Å². The summed E-state index contributed by atoms with van der Waals surface area (Å²) in [5.41, 5.74) is -0.669. The van der Waals surface area contributed by atoms with Crippen LogP contribution in [0.15, 0.2) is 48.8 Å². The van der Waals surface area contributed by atoms with E-state index in [9.17, 15) is 22.8 Å². The fourth-order valence-electron chi connectivity index (χ4n) is 2.73. The zero-order chi connectivity index (χ0) is 24.5. The Kier molecular flexibility index (Phi) is 9.07. The van der Waals surface area contributed by atoms with Crippen molar-refractivity contribution in [3.8, 4) is 5.75 Å². The van der Waals surface area contributed by atoms with Crippen LogP contribution in [-0.4, -0.2) is 47.2 Å². The fraction of sp³-hybridized carbons (Fsp3) is 0.435. The number of aromatic nitrogens is 1. The summed E-state index contributed by atoms with van der Waals surface area (Å²) in [6.07, 6.45) is -1.24. The number of benzene rings is 1. The van der Waals surface area contributed by atoms with Gasteiger partial charge in [0.05, 0.1) is 12.1 Å². The van der Waals surface area contributed by atoms with Gasteiger partial charge in [-0.2, -0.15) is 13.2 Å². The minimum absolute atomic E-state index is 0.0486. The molecule has 7 nitrogen and oxygen atoms in total. The summed E-state index contributed by atoms with van der Waals surface area (Å²) in [7, 11) is 0. The van der Waals surface area contributed by atoms with Gasteiger partial charge in [0, 0.05) is 25.5 Å². The number of ether oxygens (including phenoxy) is 2. The van der Waals surface area contributed by atoms with Gasteiger partial charge in [0.2, 0.25) is 0 Å². The molecule has 33 heavy (non-hydrogen) atoms. The molecule has 1 N–H and O–H groups in total. The van der Waals surface area contributed by atoms with Crippen molar-refractivity contribution in [1.29, 1.82) is 0 Å². The third-order valence-corrected chi connectivity index (χ3v) is 4.21. The maximum atomic E-state index is 12.7. The Morgan fingerprint density at radius 1 is 1.12 bits per heavy atom. The Balaban J connectivity index is 1.81. The average Bonchev–Trinajstić information content (AvgIpc) is 2.73. The number of rotatable bonds is 9.